The first-order valence-electron chi connectivity index (χ1n) is 8.65. The topological polar surface area (TPSA) is 17.3 Å². The van der Waals surface area contributed by atoms with Gasteiger partial charge in [0.1, 0.15) is 0 Å². The molecule has 2 unspecified atom stereocenters. The molecule has 2 aromatic heterocycles. The fourth-order valence-corrected chi connectivity index (χ4v) is 5.05. The SMILES string of the molecule is b1cccc2c1-n1cccc1C1=CC=C3C=NC=CC34C=CC=CC124. The van der Waals surface area contributed by atoms with Crippen LogP contribution in [-0.4, -0.2) is 17.7 Å². The number of rotatable bonds is 0. The van der Waals surface area contributed by atoms with Gasteiger partial charge in [0.05, 0.1) is 0 Å². The average molecular weight is 318 g/mol. The molecule has 0 aromatic carbocycles. The van der Waals surface area contributed by atoms with Crippen LogP contribution in [0.25, 0.3) is 11.2 Å². The van der Waals surface area contributed by atoms with Crippen LogP contribution in [0.4, 0.5) is 0 Å². The first-order chi connectivity index (χ1) is 12.4. The van der Waals surface area contributed by atoms with Gasteiger partial charge in [-0.3, -0.25) is 0 Å². The summed E-state index contributed by atoms with van der Waals surface area (Å²) in [5.41, 5.74) is 6.00. The van der Waals surface area contributed by atoms with Crippen molar-refractivity contribution < 1.29 is 0 Å². The zero-order chi connectivity index (χ0) is 16.5. The third kappa shape index (κ3) is 1.36. The summed E-state index contributed by atoms with van der Waals surface area (Å²) in [6, 6.07) is 8.79. The van der Waals surface area contributed by atoms with Gasteiger partial charge in [0.15, 0.2) is 0 Å². The predicted octanol–water partition coefficient (Wildman–Crippen LogP) is 4.10. The molecule has 116 valence electrons. The van der Waals surface area contributed by atoms with E-state index < -0.39 is 0 Å². The molecule has 2 aliphatic heterocycles. The van der Waals surface area contributed by atoms with Crippen LogP contribution in [0.1, 0.15) is 11.3 Å². The Morgan fingerprint density at radius 1 is 1.00 bits per heavy atom. The van der Waals surface area contributed by atoms with Crippen molar-refractivity contribution in [3.8, 4) is 5.58 Å². The van der Waals surface area contributed by atoms with Crippen LogP contribution >= 0.6 is 0 Å². The number of hydrogen-bond acceptors (Lipinski definition) is 1. The van der Waals surface area contributed by atoms with Crippen LogP contribution in [0.15, 0.2) is 95.7 Å². The molecule has 0 fully saturated rings. The maximum absolute atomic E-state index is 4.41. The third-order valence-electron chi connectivity index (χ3n) is 6.05. The van der Waals surface area contributed by atoms with Crippen molar-refractivity contribution >= 4 is 18.7 Å². The molecular weight excluding hydrogens is 303 g/mol. The van der Waals surface area contributed by atoms with Gasteiger partial charge in [-0.05, 0) is 0 Å². The van der Waals surface area contributed by atoms with Gasteiger partial charge in [-0.25, -0.2) is 0 Å². The molecule has 3 heteroatoms. The van der Waals surface area contributed by atoms with Gasteiger partial charge < -0.3 is 0 Å². The van der Waals surface area contributed by atoms with E-state index >= 15 is 0 Å². The molecule has 4 aliphatic rings. The summed E-state index contributed by atoms with van der Waals surface area (Å²) in [7, 11) is 0. The summed E-state index contributed by atoms with van der Waals surface area (Å²) in [5.74, 6) is 2.13. The van der Waals surface area contributed by atoms with Crippen LogP contribution < -0.4 is 0 Å². The van der Waals surface area contributed by atoms with Crippen molar-refractivity contribution in [1.82, 2.24) is 4.57 Å². The van der Waals surface area contributed by atoms with Crippen LogP contribution in [-0.2, 0) is 5.41 Å². The molecule has 0 radical (unpaired) electrons. The van der Waals surface area contributed by atoms with Gasteiger partial charge in [-0.15, -0.1) is 0 Å². The normalized spacial score (nSPS) is 29.6. The molecule has 0 saturated heterocycles. The second-order valence-corrected chi connectivity index (χ2v) is 6.97. The van der Waals surface area contributed by atoms with Crippen molar-refractivity contribution in [3.63, 3.8) is 0 Å². The van der Waals surface area contributed by atoms with Crippen LogP contribution in [0.5, 0.6) is 0 Å². The fourth-order valence-electron chi connectivity index (χ4n) is 5.05. The van der Waals surface area contributed by atoms with Crippen molar-refractivity contribution in [3.05, 3.63) is 102 Å². The minimum atomic E-state index is -0.236. The van der Waals surface area contributed by atoms with E-state index in [4.69, 9.17) is 0 Å². The summed E-state index contributed by atoms with van der Waals surface area (Å²) >= 11 is 0. The van der Waals surface area contributed by atoms with Crippen molar-refractivity contribution in [1.29, 1.82) is 0 Å². The minimum absolute atomic E-state index is 0.223. The van der Waals surface area contributed by atoms with Crippen molar-refractivity contribution in [2.45, 2.75) is 5.41 Å². The molecule has 4 heterocycles. The summed E-state index contributed by atoms with van der Waals surface area (Å²) in [6.45, 7) is 2.23. The standard InChI is InChI=1S/C22H15BN2/c1-2-10-22-17(8-7-16-15-24-13-11-21(16,22)9-1)19-6-4-14-25(19)20-18(22)5-3-12-23-20/h1-15H. The predicted molar refractivity (Wildman–Crippen MR) is 103 cm³/mol. The van der Waals surface area contributed by atoms with Gasteiger partial charge in [0.25, 0.3) is 0 Å². The number of aromatic nitrogens is 1. The maximum atomic E-state index is 4.41. The molecular formula is C22H15BN2. The molecule has 2 spiro atoms. The van der Waals surface area contributed by atoms with Gasteiger partial charge >= 0.3 is 147 Å². The second kappa shape index (κ2) is 4.37. The Hall–Kier alpha value is -2.94. The number of allylic oxidation sites excluding steroid dienone is 9. The van der Waals surface area contributed by atoms with E-state index in [1.54, 1.807) is 0 Å². The van der Waals surface area contributed by atoms with Gasteiger partial charge in [0, 0.05) is 0 Å². The molecule has 0 N–H and O–H groups in total. The molecule has 2 aliphatic carbocycles. The molecule has 2 aromatic rings. The van der Waals surface area contributed by atoms with Gasteiger partial charge in [-0.2, -0.15) is 0 Å². The Bertz CT molecular complexity index is 1100. The second-order valence-electron chi connectivity index (χ2n) is 6.97. The molecule has 2 nitrogen and oxygen atoms in total. The first kappa shape index (κ1) is 13.4. The Morgan fingerprint density at radius 3 is 2.96 bits per heavy atom. The van der Waals surface area contributed by atoms with Crippen LogP contribution in [0.3, 0.4) is 0 Å². The number of hydrogen-bond donors (Lipinski definition) is 0. The first-order valence-corrected chi connectivity index (χ1v) is 8.65. The summed E-state index contributed by atoms with van der Waals surface area (Å²) in [6.07, 6.45) is 22.0. The molecule has 2 atom stereocenters. The summed E-state index contributed by atoms with van der Waals surface area (Å²) in [5, 5.41) is 0. The van der Waals surface area contributed by atoms with E-state index in [-0.39, 0.29) is 10.8 Å². The zero-order valence-corrected chi connectivity index (χ0v) is 13.6. The Labute approximate surface area is 147 Å². The average Bonchev–Trinajstić information content (AvgIpc) is 3.16. The third-order valence-corrected chi connectivity index (χ3v) is 6.05. The van der Waals surface area contributed by atoms with E-state index in [1.165, 1.54) is 28.0 Å². The molecule has 25 heavy (non-hydrogen) atoms. The van der Waals surface area contributed by atoms with Crippen LogP contribution in [0.2, 0.25) is 0 Å². The molecule has 0 bridgehead atoms. The van der Waals surface area contributed by atoms with Crippen molar-refractivity contribution in [2.24, 2.45) is 10.4 Å². The fraction of sp³-hybridized carbons (Fsp3) is 0.0909. The van der Waals surface area contributed by atoms with E-state index in [2.05, 4.69) is 95.4 Å². The van der Waals surface area contributed by atoms with Gasteiger partial charge in [0.2, 0.25) is 0 Å². The summed E-state index contributed by atoms with van der Waals surface area (Å²) in [4.78, 5) is 4.41. The van der Waals surface area contributed by atoms with E-state index in [9.17, 15) is 0 Å². The Balaban J connectivity index is 1.83. The van der Waals surface area contributed by atoms with Gasteiger partial charge in [-0.1, -0.05) is 0 Å². The Morgan fingerprint density at radius 2 is 1.96 bits per heavy atom. The number of fused-ring (bicyclic) bond motifs is 4. The van der Waals surface area contributed by atoms with Crippen molar-refractivity contribution in [2.75, 3.05) is 0 Å². The molecule has 0 saturated carbocycles. The molecule has 6 rings (SSSR count). The van der Waals surface area contributed by atoms with Crippen LogP contribution in [0, 0.1) is 5.41 Å². The summed E-state index contributed by atoms with van der Waals surface area (Å²) < 4.78 is 2.31. The van der Waals surface area contributed by atoms with E-state index in [0.29, 0.717) is 0 Å². The Kier molecular flexibility index (Phi) is 2.34. The zero-order valence-electron chi connectivity index (χ0n) is 13.6. The quantitative estimate of drug-likeness (QED) is 0.696. The molecule has 0 amide bonds. The number of aliphatic imine (C=N–C) groups is 1. The number of nitrogens with zero attached hydrogens (tertiary/aromatic N) is 2. The van der Waals surface area contributed by atoms with E-state index in [0.717, 1.165) is 0 Å². The van der Waals surface area contributed by atoms with E-state index in [1.807, 2.05) is 12.4 Å². The monoisotopic (exact) mass is 318 g/mol.